The Kier molecular flexibility index (Phi) is 8.81. The van der Waals surface area contributed by atoms with Crippen molar-refractivity contribution in [1.29, 1.82) is 0 Å². The van der Waals surface area contributed by atoms with Crippen LogP contribution in [0.15, 0.2) is 0 Å². The zero-order chi connectivity index (χ0) is 9.23. The molecule has 0 aromatic carbocycles. The molecule has 1 saturated heterocycles. The minimum atomic E-state index is 0.816. The molecule has 0 spiro atoms. The Morgan fingerprint density at radius 3 is 2.17 bits per heavy atom. The van der Waals surface area contributed by atoms with E-state index in [9.17, 15) is 0 Å². The van der Waals surface area contributed by atoms with Crippen LogP contribution in [0.3, 0.4) is 0 Å². The average Bonchev–Trinajstić information content (AvgIpc) is 2.08. The van der Waals surface area contributed by atoms with Crippen LogP contribution in [-0.2, 0) is 0 Å². The summed E-state index contributed by atoms with van der Waals surface area (Å²) in [6.45, 7) is 4.42. The molecule has 0 bridgehead atoms. The van der Waals surface area contributed by atoms with Crippen molar-refractivity contribution in [3.63, 3.8) is 0 Å². The van der Waals surface area contributed by atoms with Crippen LogP contribution in [0.5, 0.6) is 0 Å². The lowest BCUT2D eigenvalue weighted by atomic mass is 10.0. The summed E-state index contributed by atoms with van der Waals surface area (Å²) in [5, 5.41) is 2.75. The molecule has 1 rings (SSSR count). The molecular formula is C8H22N4. The van der Waals surface area contributed by atoms with E-state index in [1.54, 1.807) is 0 Å². The zero-order valence-electron chi connectivity index (χ0n) is 8.41. The third kappa shape index (κ3) is 6.54. The molecule has 1 fully saturated rings. The van der Waals surface area contributed by atoms with Crippen molar-refractivity contribution in [2.75, 3.05) is 27.2 Å². The molecule has 1 aliphatic heterocycles. The summed E-state index contributed by atoms with van der Waals surface area (Å²) in [4.78, 5) is 0. The monoisotopic (exact) mass is 174 g/mol. The minimum absolute atomic E-state index is 0.816. The van der Waals surface area contributed by atoms with Gasteiger partial charge in [-0.1, -0.05) is 13.3 Å². The Morgan fingerprint density at radius 2 is 1.75 bits per heavy atom. The van der Waals surface area contributed by atoms with E-state index < -0.39 is 0 Å². The van der Waals surface area contributed by atoms with Gasteiger partial charge >= 0.3 is 0 Å². The van der Waals surface area contributed by atoms with Gasteiger partial charge in [0.15, 0.2) is 0 Å². The molecule has 0 aromatic heterocycles. The normalized spacial score (nSPS) is 18.2. The van der Waals surface area contributed by atoms with Gasteiger partial charge in [-0.25, -0.2) is 10.9 Å². The number of hydrogen-bond acceptors (Lipinski definition) is 4. The summed E-state index contributed by atoms with van der Waals surface area (Å²) in [6.07, 6.45) is 2.61. The number of hydrazine groups is 2. The predicted molar refractivity (Wildman–Crippen MR) is 52.5 cm³/mol. The van der Waals surface area contributed by atoms with Gasteiger partial charge in [-0.2, -0.15) is 5.53 Å². The van der Waals surface area contributed by atoms with Crippen LogP contribution >= 0.6 is 0 Å². The van der Waals surface area contributed by atoms with Gasteiger partial charge in [0, 0.05) is 13.1 Å². The summed E-state index contributed by atoms with van der Waals surface area (Å²) in [5.41, 5.74) is 8.99. The second-order valence-corrected chi connectivity index (χ2v) is 3.04. The SMILES string of the molecule is CCCC1CNNNC1.CNC. The quantitative estimate of drug-likeness (QED) is 0.470. The second-order valence-electron chi connectivity index (χ2n) is 3.04. The molecule has 74 valence electrons. The third-order valence-electron chi connectivity index (χ3n) is 1.66. The van der Waals surface area contributed by atoms with Gasteiger partial charge < -0.3 is 5.32 Å². The van der Waals surface area contributed by atoms with Crippen LogP contribution in [0.25, 0.3) is 0 Å². The Morgan fingerprint density at radius 1 is 1.25 bits per heavy atom. The van der Waals surface area contributed by atoms with E-state index in [-0.39, 0.29) is 0 Å². The highest BCUT2D eigenvalue weighted by Gasteiger charge is 2.09. The summed E-state index contributed by atoms with van der Waals surface area (Å²) < 4.78 is 0. The molecule has 1 aliphatic rings. The van der Waals surface area contributed by atoms with Gasteiger partial charge in [-0.05, 0) is 26.4 Å². The fraction of sp³-hybridized carbons (Fsp3) is 1.00. The van der Waals surface area contributed by atoms with Crippen LogP contribution in [0.1, 0.15) is 19.8 Å². The predicted octanol–water partition coefficient (Wildman–Crippen LogP) is -0.149. The van der Waals surface area contributed by atoms with Crippen molar-refractivity contribution in [3.05, 3.63) is 0 Å². The van der Waals surface area contributed by atoms with Crippen LogP contribution < -0.4 is 21.7 Å². The molecule has 4 heteroatoms. The number of nitrogens with one attached hydrogen (secondary N) is 4. The standard InChI is InChI=1S/C6H15N3.C2H7N/c1-2-3-6-4-7-9-8-5-6;1-3-2/h6-9H,2-5H2,1H3;3H,1-2H3. The Hall–Kier alpha value is -0.160. The summed E-state index contributed by atoms with van der Waals surface area (Å²) in [5.74, 6) is 0.816. The number of rotatable bonds is 2. The van der Waals surface area contributed by atoms with Crippen molar-refractivity contribution in [3.8, 4) is 0 Å². The first-order chi connectivity index (χ1) is 5.85. The van der Waals surface area contributed by atoms with Crippen LogP contribution in [0.4, 0.5) is 0 Å². The largest absolute Gasteiger partial charge is 0.323 e. The van der Waals surface area contributed by atoms with E-state index in [1.165, 1.54) is 12.8 Å². The first kappa shape index (κ1) is 11.8. The maximum absolute atomic E-state index is 3.06. The Bertz CT molecular complexity index is 78.4. The molecule has 4 N–H and O–H groups in total. The van der Waals surface area contributed by atoms with Crippen LogP contribution in [0.2, 0.25) is 0 Å². The molecule has 0 aromatic rings. The van der Waals surface area contributed by atoms with E-state index in [1.807, 2.05) is 14.1 Å². The molecular weight excluding hydrogens is 152 g/mol. The molecule has 0 saturated carbocycles. The Labute approximate surface area is 75.4 Å². The van der Waals surface area contributed by atoms with E-state index in [0.29, 0.717) is 0 Å². The molecule has 4 nitrogen and oxygen atoms in total. The van der Waals surface area contributed by atoms with E-state index >= 15 is 0 Å². The topological polar surface area (TPSA) is 48.1 Å². The Balaban J connectivity index is 0.000000354. The van der Waals surface area contributed by atoms with E-state index in [2.05, 4.69) is 28.6 Å². The highest BCUT2D eigenvalue weighted by atomic mass is 15.6. The average molecular weight is 174 g/mol. The van der Waals surface area contributed by atoms with Gasteiger partial charge in [0.2, 0.25) is 0 Å². The van der Waals surface area contributed by atoms with Crippen LogP contribution in [0, 0.1) is 5.92 Å². The maximum Gasteiger partial charge on any atom is 0.0154 e. The summed E-state index contributed by atoms with van der Waals surface area (Å²) >= 11 is 0. The first-order valence-corrected chi connectivity index (χ1v) is 4.64. The molecule has 0 unspecified atom stereocenters. The van der Waals surface area contributed by atoms with Gasteiger partial charge in [-0.15, -0.1) is 0 Å². The highest BCUT2D eigenvalue weighted by molar-refractivity contribution is 4.65. The molecule has 0 atom stereocenters. The minimum Gasteiger partial charge on any atom is -0.323 e. The molecule has 0 aliphatic carbocycles. The zero-order valence-corrected chi connectivity index (χ0v) is 8.41. The number of hydrogen-bond donors (Lipinski definition) is 4. The van der Waals surface area contributed by atoms with Gasteiger partial charge in [0.1, 0.15) is 0 Å². The van der Waals surface area contributed by atoms with Crippen molar-refractivity contribution in [1.82, 2.24) is 21.7 Å². The lowest BCUT2D eigenvalue weighted by Gasteiger charge is -2.23. The van der Waals surface area contributed by atoms with Crippen molar-refractivity contribution in [2.45, 2.75) is 19.8 Å². The van der Waals surface area contributed by atoms with Gasteiger partial charge in [-0.3, -0.25) is 0 Å². The molecule has 0 radical (unpaired) electrons. The second kappa shape index (κ2) is 8.93. The van der Waals surface area contributed by atoms with Gasteiger partial charge in [0.05, 0.1) is 0 Å². The van der Waals surface area contributed by atoms with Crippen molar-refractivity contribution in [2.24, 2.45) is 5.92 Å². The molecule has 0 amide bonds. The highest BCUT2D eigenvalue weighted by Crippen LogP contribution is 2.03. The smallest absolute Gasteiger partial charge is 0.0154 e. The third-order valence-corrected chi connectivity index (χ3v) is 1.66. The lowest BCUT2D eigenvalue weighted by Crippen LogP contribution is -2.53. The van der Waals surface area contributed by atoms with E-state index in [4.69, 9.17) is 0 Å². The fourth-order valence-corrected chi connectivity index (χ4v) is 1.14. The van der Waals surface area contributed by atoms with E-state index in [0.717, 1.165) is 19.0 Å². The van der Waals surface area contributed by atoms with Crippen molar-refractivity contribution >= 4 is 0 Å². The van der Waals surface area contributed by atoms with Crippen molar-refractivity contribution < 1.29 is 0 Å². The maximum atomic E-state index is 3.06. The first-order valence-electron chi connectivity index (χ1n) is 4.64. The van der Waals surface area contributed by atoms with Gasteiger partial charge in [0.25, 0.3) is 0 Å². The summed E-state index contributed by atoms with van der Waals surface area (Å²) in [6, 6.07) is 0. The van der Waals surface area contributed by atoms with Crippen LogP contribution in [-0.4, -0.2) is 27.2 Å². The molecule has 1 heterocycles. The molecule has 12 heavy (non-hydrogen) atoms. The fourth-order valence-electron chi connectivity index (χ4n) is 1.14. The lowest BCUT2D eigenvalue weighted by molar-refractivity contribution is 0.278. The summed E-state index contributed by atoms with van der Waals surface area (Å²) in [7, 11) is 3.75.